The topological polar surface area (TPSA) is 38.4 Å². The van der Waals surface area contributed by atoms with Crippen LogP contribution in [0.1, 0.15) is 46.5 Å². The Labute approximate surface area is 121 Å². The smallest absolute Gasteiger partial charge is 0.0647 e. The van der Waals surface area contributed by atoms with Crippen molar-refractivity contribution in [2.45, 2.75) is 46.5 Å². The van der Waals surface area contributed by atoms with E-state index in [0.29, 0.717) is 0 Å². The molecule has 0 unspecified atom stereocenters. The van der Waals surface area contributed by atoms with E-state index in [0.717, 1.165) is 35.0 Å². The number of allylic oxidation sites excluding steroid dienone is 2. The molecule has 0 radical (unpaired) electrons. The van der Waals surface area contributed by atoms with Gasteiger partial charge >= 0.3 is 0 Å². The van der Waals surface area contributed by atoms with Crippen molar-refractivity contribution in [2.24, 2.45) is 10.7 Å². The largest absolute Gasteiger partial charge is 0.402 e. The Morgan fingerprint density at radius 2 is 1.89 bits per heavy atom. The summed E-state index contributed by atoms with van der Waals surface area (Å²) in [6.45, 7) is 5.95. The minimum absolute atomic E-state index is 0.720. The quantitative estimate of drug-likeness (QED) is 0.749. The van der Waals surface area contributed by atoms with Crippen LogP contribution in [0.2, 0.25) is 5.02 Å². The highest BCUT2D eigenvalue weighted by Gasteiger charge is 2.14. The Morgan fingerprint density at radius 1 is 1.21 bits per heavy atom. The van der Waals surface area contributed by atoms with Gasteiger partial charge in [-0.2, -0.15) is 0 Å². The van der Waals surface area contributed by atoms with Gasteiger partial charge < -0.3 is 5.73 Å². The molecule has 0 heterocycles. The van der Waals surface area contributed by atoms with Gasteiger partial charge in [0.05, 0.1) is 5.69 Å². The standard InChI is InChI=1S/C14H17ClN2.C2H6/c1-10(16)13-7-2-3-8-14(13)17-12-6-4-5-11(15)9-12;1-2/h4-6,9H,2-3,7-8,16H2,1H3;1-2H3/b13-10-,17-14?;. The first kappa shape index (κ1) is 15.8. The molecule has 0 aliphatic heterocycles. The van der Waals surface area contributed by atoms with Crippen molar-refractivity contribution >= 4 is 23.0 Å². The molecule has 1 aromatic rings. The lowest BCUT2D eigenvalue weighted by Gasteiger charge is -2.18. The van der Waals surface area contributed by atoms with Crippen molar-refractivity contribution in [3.05, 3.63) is 40.6 Å². The number of halogens is 1. The highest BCUT2D eigenvalue weighted by Crippen LogP contribution is 2.26. The molecule has 2 N–H and O–H groups in total. The Balaban J connectivity index is 0.000000861. The van der Waals surface area contributed by atoms with Gasteiger partial charge in [0.15, 0.2) is 0 Å². The summed E-state index contributed by atoms with van der Waals surface area (Å²) in [5.74, 6) is 0. The van der Waals surface area contributed by atoms with Crippen LogP contribution in [-0.2, 0) is 0 Å². The van der Waals surface area contributed by atoms with Crippen LogP contribution in [0.25, 0.3) is 0 Å². The number of aliphatic imine (C=N–C) groups is 1. The zero-order chi connectivity index (χ0) is 14.3. The fourth-order valence-corrected chi connectivity index (χ4v) is 2.32. The Morgan fingerprint density at radius 3 is 2.53 bits per heavy atom. The molecular formula is C16H23ClN2. The summed E-state index contributed by atoms with van der Waals surface area (Å²) in [6, 6.07) is 7.63. The van der Waals surface area contributed by atoms with E-state index in [1.54, 1.807) is 0 Å². The van der Waals surface area contributed by atoms with Crippen LogP contribution in [-0.4, -0.2) is 5.71 Å². The highest BCUT2D eigenvalue weighted by atomic mass is 35.5. The van der Waals surface area contributed by atoms with Gasteiger partial charge in [0, 0.05) is 16.4 Å². The fourth-order valence-electron chi connectivity index (χ4n) is 2.14. The van der Waals surface area contributed by atoms with Crippen LogP contribution in [0.15, 0.2) is 40.5 Å². The second-order valence-electron chi connectivity index (χ2n) is 4.41. The van der Waals surface area contributed by atoms with E-state index in [4.69, 9.17) is 17.3 Å². The van der Waals surface area contributed by atoms with Gasteiger partial charge in [-0.3, -0.25) is 4.99 Å². The molecule has 2 rings (SSSR count). The molecule has 19 heavy (non-hydrogen) atoms. The van der Waals surface area contributed by atoms with Crippen molar-refractivity contribution < 1.29 is 0 Å². The van der Waals surface area contributed by atoms with E-state index in [9.17, 15) is 0 Å². The number of nitrogens with zero attached hydrogens (tertiary/aromatic N) is 1. The lowest BCUT2D eigenvalue weighted by Crippen LogP contribution is -2.13. The molecule has 1 aromatic carbocycles. The van der Waals surface area contributed by atoms with Crippen LogP contribution >= 0.6 is 11.6 Å². The minimum Gasteiger partial charge on any atom is -0.402 e. The Kier molecular flexibility index (Phi) is 6.65. The molecule has 1 fully saturated rings. The van der Waals surface area contributed by atoms with Crippen LogP contribution in [0.5, 0.6) is 0 Å². The molecule has 0 atom stereocenters. The van der Waals surface area contributed by atoms with Crippen LogP contribution in [0.3, 0.4) is 0 Å². The summed E-state index contributed by atoms with van der Waals surface area (Å²) in [5, 5.41) is 0.720. The van der Waals surface area contributed by atoms with Crippen molar-refractivity contribution in [1.29, 1.82) is 0 Å². The van der Waals surface area contributed by atoms with E-state index in [1.165, 1.54) is 18.4 Å². The first-order valence-electron chi connectivity index (χ1n) is 6.95. The Hall–Kier alpha value is -1.28. The molecule has 3 heteroatoms. The van der Waals surface area contributed by atoms with Gasteiger partial charge in [-0.1, -0.05) is 31.5 Å². The summed E-state index contributed by atoms with van der Waals surface area (Å²) < 4.78 is 0. The summed E-state index contributed by atoms with van der Waals surface area (Å²) in [6.07, 6.45) is 4.45. The second-order valence-corrected chi connectivity index (χ2v) is 4.84. The molecular weight excluding hydrogens is 256 g/mol. The highest BCUT2D eigenvalue weighted by molar-refractivity contribution is 6.30. The van der Waals surface area contributed by atoms with Crippen molar-refractivity contribution in [1.82, 2.24) is 0 Å². The summed E-state index contributed by atoms with van der Waals surface area (Å²) >= 11 is 5.96. The predicted molar refractivity (Wildman–Crippen MR) is 85.3 cm³/mol. The van der Waals surface area contributed by atoms with Gasteiger partial charge in [0.2, 0.25) is 0 Å². The van der Waals surface area contributed by atoms with Crippen LogP contribution < -0.4 is 5.73 Å². The first-order chi connectivity index (χ1) is 9.16. The molecule has 1 aliphatic rings. The van der Waals surface area contributed by atoms with Gasteiger partial charge in [-0.05, 0) is 56.4 Å². The van der Waals surface area contributed by atoms with Crippen LogP contribution in [0, 0.1) is 0 Å². The van der Waals surface area contributed by atoms with E-state index >= 15 is 0 Å². The monoisotopic (exact) mass is 278 g/mol. The lowest BCUT2D eigenvalue weighted by molar-refractivity contribution is 0.727. The van der Waals surface area contributed by atoms with Crippen molar-refractivity contribution in [2.75, 3.05) is 0 Å². The van der Waals surface area contributed by atoms with E-state index in [-0.39, 0.29) is 0 Å². The van der Waals surface area contributed by atoms with Crippen molar-refractivity contribution in [3.63, 3.8) is 0 Å². The van der Waals surface area contributed by atoms with Gasteiger partial charge in [-0.15, -0.1) is 0 Å². The fraction of sp³-hybridized carbons (Fsp3) is 0.438. The van der Waals surface area contributed by atoms with E-state index in [2.05, 4.69) is 4.99 Å². The third kappa shape index (κ3) is 4.71. The lowest BCUT2D eigenvalue weighted by atomic mass is 9.91. The molecule has 1 aliphatic carbocycles. The number of rotatable bonds is 1. The summed E-state index contributed by atoms with van der Waals surface area (Å²) in [4.78, 5) is 4.68. The zero-order valence-corrected chi connectivity index (χ0v) is 12.8. The summed E-state index contributed by atoms with van der Waals surface area (Å²) in [5.41, 5.74) is 10.1. The van der Waals surface area contributed by atoms with Crippen molar-refractivity contribution in [3.8, 4) is 0 Å². The minimum atomic E-state index is 0.720. The van der Waals surface area contributed by atoms with Gasteiger partial charge in [0.1, 0.15) is 0 Å². The normalized spacial score (nSPS) is 19.7. The number of hydrogen-bond acceptors (Lipinski definition) is 2. The van der Waals surface area contributed by atoms with Gasteiger partial charge in [0.25, 0.3) is 0 Å². The third-order valence-electron chi connectivity index (χ3n) is 2.99. The molecule has 2 nitrogen and oxygen atoms in total. The second kappa shape index (κ2) is 8.00. The molecule has 1 saturated carbocycles. The predicted octanol–water partition coefficient (Wildman–Crippen LogP) is 5.25. The maximum Gasteiger partial charge on any atom is 0.0647 e. The number of nitrogens with two attached hydrogens (primary N) is 1. The molecule has 0 spiro atoms. The summed E-state index contributed by atoms with van der Waals surface area (Å²) in [7, 11) is 0. The molecule has 0 bridgehead atoms. The average Bonchev–Trinajstić information content (AvgIpc) is 2.41. The van der Waals surface area contributed by atoms with E-state index in [1.807, 2.05) is 45.0 Å². The molecule has 0 saturated heterocycles. The third-order valence-corrected chi connectivity index (χ3v) is 3.22. The average molecular weight is 279 g/mol. The molecule has 0 aromatic heterocycles. The number of hydrogen-bond donors (Lipinski definition) is 1. The maximum atomic E-state index is 5.96. The SMILES string of the molecule is C/C(N)=C1\CCCCC1=Nc1cccc(Cl)c1.CC. The molecule has 104 valence electrons. The molecule has 0 amide bonds. The Bertz CT molecular complexity index is 471. The van der Waals surface area contributed by atoms with Gasteiger partial charge in [-0.25, -0.2) is 0 Å². The maximum absolute atomic E-state index is 5.96. The zero-order valence-electron chi connectivity index (χ0n) is 12.0. The van der Waals surface area contributed by atoms with E-state index < -0.39 is 0 Å². The number of benzene rings is 1. The van der Waals surface area contributed by atoms with Crippen LogP contribution in [0.4, 0.5) is 5.69 Å². The first-order valence-corrected chi connectivity index (χ1v) is 7.33.